The van der Waals surface area contributed by atoms with Crippen LogP contribution in [0.5, 0.6) is 0 Å². The van der Waals surface area contributed by atoms with Crippen molar-refractivity contribution in [2.24, 2.45) is 0 Å². The van der Waals surface area contributed by atoms with Crippen molar-refractivity contribution in [2.75, 3.05) is 34.7 Å². The summed E-state index contributed by atoms with van der Waals surface area (Å²) in [5.41, 5.74) is 0. The first kappa shape index (κ1) is 26.2. The van der Waals surface area contributed by atoms with Crippen LogP contribution in [0.4, 0.5) is 0 Å². The summed E-state index contributed by atoms with van der Waals surface area (Å²) in [6.07, 6.45) is 23.3. The molecule has 0 rings (SSSR count). The van der Waals surface area contributed by atoms with Crippen LogP contribution in [-0.4, -0.2) is 39.6 Å². The second kappa shape index (κ2) is 25.2. The van der Waals surface area contributed by atoms with E-state index in [4.69, 9.17) is 0 Å². The van der Waals surface area contributed by atoms with Gasteiger partial charge < -0.3 is 10.2 Å². The normalized spacial score (nSPS) is 10.8. The maximum Gasteiger partial charge on any atom is -0.00248 e. The zero-order valence-corrected chi connectivity index (χ0v) is 18.0. The number of rotatable bonds is 17. The van der Waals surface area contributed by atoms with E-state index in [-0.39, 0.29) is 0 Å². The highest BCUT2D eigenvalue weighted by atomic mass is 15.0. The number of nitrogens with zero attached hydrogens (tertiary/aromatic N) is 1. The smallest absolute Gasteiger partial charge is 0.00248 e. The van der Waals surface area contributed by atoms with Gasteiger partial charge in [0.1, 0.15) is 0 Å². The van der Waals surface area contributed by atoms with E-state index in [0.717, 1.165) is 0 Å². The standard InChI is InChI=1S/C20H43N.C2H7N/c1-4-5-6-7-8-9-10-11-12-13-14-15-16-17-18-19-20-21(2)3;1-3-2/h4-20H2,1-3H3;3H,1-2H3. The van der Waals surface area contributed by atoms with E-state index in [0.29, 0.717) is 0 Å². The minimum absolute atomic E-state index is 1.26. The molecule has 0 aromatic carbocycles. The van der Waals surface area contributed by atoms with Gasteiger partial charge in [0.15, 0.2) is 0 Å². The third kappa shape index (κ3) is 29.9. The molecule has 0 aromatic rings. The van der Waals surface area contributed by atoms with Crippen LogP contribution in [0.15, 0.2) is 0 Å². The molecule has 0 saturated heterocycles. The van der Waals surface area contributed by atoms with E-state index in [9.17, 15) is 0 Å². The van der Waals surface area contributed by atoms with Gasteiger partial charge in [-0.3, -0.25) is 0 Å². The first-order chi connectivity index (χ1) is 11.7. The number of hydrogen-bond donors (Lipinski definition) is 1. The van der Waals surface area contributed by atoms with Gasteiger partial charge in [-0.2, -0.15) is 0 Å². The fourth-order valence-corrected chi connectivity index (χ4v) is 2.98. The average molecular weight is 343 g/mol. The molecular weight excluding hydrogens is 292 g/mol. The Morgan fingerprint density at radius 1 is 0.500 bits per heavy atom. The molecule has 0 bridgehead atoms. The second-order valence-corrected chi connectivity index (χ2v) is 7.61. The molecule has 0 saturated carbocycles. The van der Waals surface area contributed by atoms with Crippen molar-refractivity contribution in [3.8, 4) is 0 Å². The van der Waals surface area contributed by atoms with Gasteiger partial charge in [0, 0.05) is 0 Å². The molecule has 0 atom stereocenters. The minimum atomic E-state index is 1.26. The summed E-state index contributed by atoms with van der Waals surface area (Å²) in [6.45, 7) is 3.56. The first-order valence-corrected chi connectivity index (χ1v) is 10.9. The Hall–Kier alpha value is -0.0800. The summed E-state index contributed by atoms with van der Waals surface area (Å²) in [4.78, 5) is 2.30. The first-order valence-electron chi connectivity index (χ1n) is 10.9. The summed E-state index contributed by atoms with van der Waals surface area (Å²) in [7, 11) is 8.09. The highest BCUT2D eigenvalue weighted by Gasteiger charge is 1.95. The van der Waals surface area contributed by atoms with Crippen LogP contribution in [-0.2, 0) is 0 Å². The number of nitrogens with one attached hydrogen (secondary N) is 1. The van der Waals surface area contributed by atoms with Crippen molar-refractivity contribution >= 4 is 0 Å². The largest absolute Gasteiger partial charge is 0.323 e. The summed E-state index contributed by atoms with van der Waals surface area (Å²) in [6, 6.07) is 0. The lowest BCUT2D eigenvalue weighted by Gasteiger charge is -2.08. The lowest BCUT2D eigenvalue weighted by Crippen LogP contribution is -2.12. The van der Waals surface area contributed by atoms with Gasteiger partial charge in [0.05, 0.1) is 0 Å². The molecule has 0 heterocycles. The Morgan fingerprint density at radius 2 is 0.750 bits per heavy atom. The number of hydrogen-bond acceptors (Lipinski definition) is 2. The van der Waals surface area contributed by atoms with E-state index in [1.807, 2.05) is 14.1 Å². The fourth-order valence-electron chi connectivity index (χ4n) is 2.98. The van der Waals surface area contributed by atoms with Gasteiger partial charge >= 0.3 is 0 Å². The molecule has 24 heavy (non-hydrogen) atoms. The van der Waals surface area contributed by atoms with Crippen molar-refractivity contribution in [3.05, 3.63) is 0 Å². The number of unbranched alkanes of at least 4 members (excludes halogenated alkanes) is 15. The Morgan fingerprint density at radius 3 is 1.00 bits per heavy atom. The maximum absolute atomic E-state index is 2.75. The van der Waals surface area contributed by atoms with E-state index >= 15 is 0 Å². The highest BCUT2D eigenvalue weighted by molar-refractivity contribution is 4.50. The molecular formula is C22H50N2. The van der Waals surface area contributed by atoms with Gasteiger partial charge in [-0.15, -0.1) is 0 Å². The molecule has 0 radical (unpaired) electrons. The SMILES string of the molecule is CCCCCCCCCCCCCCCCCCN(C)C.CNC. The van der Waals surface area contributed by atoms with Crippen molar-refractivity contribution in [2.45, 2.75) is 110 Å². The molecule has 2 nitrogen and oxygen atoms in total. The molecule has 1 N–H and O–H groups in total. The molecule has 0 fully saturated rings. The second-order valence-electron chi connectivity index (χ2n) is 7.61. The Bertz CT molecular complexity index is 192. The predicted octanol–water partition coefficient (Wildman–Crippen LogP) is 6.65. The van der Waals surface area contributed by atoms with Crippen LogP contribution in [0.2, 0.25) is 0 Å². The Labute approximate surface area is 155 Å². The minimum Gasteiger partial charge on any atom is -0.323 e. The summed E-state index contributed by atoms with van der Waals surface area (Å²) in [5, 5.41) is 2.75. The molecule has 148 valence electrons. The third-order valence-electron chi connectivity index (χ3n) is 4.46. The molecule has 2 heteroatoms. The molecule has 0 amide bonds. The summed E-state index contributed by atoms with van der Waals surface area (Å²) in [5.74, 6) is 0. The van der Waals surface area contributed by atoms with Crippen molar-refractivity contribution < 1.29 is 0 Å². The topological polar surface area (TPSA) is 15.3 Å². The van der Waals surface area contributed by atoms with E-state index < -0.39 is 0 Å². The van der Waals surface area contributed by atoms with Crippen LogP contribution >= 0.6 is 0 Å². The lowest BCUT2D eigenvalue weighted by molar-refractivity contribution is 0.389. The Kier molecular flexibility index (Phi) is 27.4. The quantitative estimate of drug-likeness (QED) is 0.298. The van der Waals surface area contributed by atoms with Gasteiger partial charge in [0.2, 0.25) is 0 Å². The van der Waals surface area contributed by atoms with Crippen molar-refractivity contribution in [1.29, 1.82) is 0 Å². The molecule has 0 aliphatic heterocycles. The van der Waals surface area contributed by atoms with Gasteiger partial charge in [-0.05, 0) is 41.2 Å². The molecule has 0 aliphatic rings. The monoisotopic (exact) mass is 342 g/mol. The van der Waals surface area contributed by atoms with E-state index in [1.54, 1.807) is 0 Å². The molecule has 0 spiro atoms. The zero-order valence-electron chi connectivity index (χ0n) is 18.0. The Balaban J connectivity index is 0. The zero-order chi connectivity index (χ0) is 18.3. The molecule has 0 aliphatic carbocycles. The van der Waals surface area contributed by atoms with Crippen LogP contribution in [0.25, 0.3) is 0 Å². The van der Waals surface area contributed by atoms with Crippen LogP contribution < -0.4 is 5.32 Å². The maximum atomic E-state index is 2.75. The van der Waals surface area contributed by atoms with Crippen LogP contribution in [0.1, 0.15) is 110 Å². The fraction of sp³-hybridized carbons (Fsp3) is 1.00. The summed E-state index contributed by atoms with van der Waals surface area (Å²) >= 11 is 0. The summed E-state index contributed by atoms with van der Waals surface area (Å²) < 4.78 is 0. The lowest BCUT2D eigenvalue weighted by atomic mass is 10.0. The van der Waals surface area contributed by atoms with Crippen molar-refractivity contribution in [3.63, 3.8) is 0 Å². The van der Waals surface area contributed by atoms with Gasteiger partial charge in [-0.25, -0.2) is 0 Å². The third-order valence-corrected chi connectivity index (χ3v) is 4.46. The van der Waals surface area contributed by atoms with Crippen LogP contribution in [0, 0.1) is 0 Å². The highest BCUT2D eigenvalue weighted by Crippen LogP contribution is 2.13. The van der Waals surface area contributed by atoms with Gasteiger partial charge in [0.25, 0.3) is 0 Å². The van der Waals surface area contributed by atoms with E-state index in [1.165, 1.54) is 109 Å². The molecule has 0 unspecified atom stereocenters. The van der Waals surface area contributed by atoms with Gasteiger partial charge in [-0.1, -0.05) is 103 Å². The van der Waals surface area contributed by atoms with Crippen LogP contribution in [0.3, 0.4) is 0 Å². The van der Waals surface area contributed by atoms with E-state index in [2.05, 4.69) is 31.2 Å². The predicted molar refractivity (Wildman–Crippen MR) is 113 cm³/mol. The average Bonchev–Trinajstić information content (AvgIpc) is 2.55. The molecule has 0 aromatic heterocycles. The van der Waals surface area contributed by atoms with Crippen molar-refractivity contribution in [1.82, 2.24) is 10.2 Å².